The van der Waals surface area contributed by atoms with Gasteiger partial charge in [-0.3, -0.25) is 4.79 Å². The highest BCUT2D eigenvalue weighted by Gasteiger charge is 2.72. The Labute approximate surface area is 144 Å². The number of amides is 1. The molecule has 2 saturated carbocycles. The van der Waals surface area contributed by atoms with Crippen molar-refractivity contribution in [3.8, 4) is 11.8 Å². The number of carbonyl (C=O) groups is 1. The van der Waals surface area contributed by atoms with Crippen LogP contribution in [0.2, 0.25) is 0 Å². The van der Waals surface area contributed by atoms with Crippen molar-refractivity contribution in [2.75, 3.05) is 6.61 Å². The second kappa shape index (κ2) is 5.24. The number of hydrogen-bond acceptors (Lipinski definition) is 3. The molecule has 1 aromatic rings. The molecule has 0 saturated heterocycles. The Morgan fingerprint density at radius 3 is 2.91 bits per heavy atom. The van der Waals surface area contributed by atoms with Crippen molar-refractivity contribution in [2.45, 2.75) is 44.6 Å². The lowest BCUT2D eigenvalue weighted by molar-refractivity contribution is -0.126. The molecule has 120 valence electrons. The second-order valence-corrected chi connectivity index (χ2v) is 7.94. The summed E-state index contributed by atoms with van der Waals surface area (Å²) in [6.07, 6.45) is 5.79. The molecule has 1 spiro atoms. The molecule has 2 atom stereocenters. The Morgan fingerprint density at radius 1 is 1.39 bits per heavy atom. The van der Waals surface area contributed by atoms with Crippen LogP contribution in [0.15, 0.2) is 22.7 Å². The molecule has 1 N–H and O–H groups in total. The first kappa shape index (κ1) is 15.0. The molecule has 1 heterocycles. The lowest BCUT2D eigenvalue weighted by Crippen LogP contribution is -2.39. The zero-order valence-corrected chi connectivity index (χ0v) is 14.5. The second-order valence-electron chi connectivity index (χ2n) is 7.03. The molecule has 5 heteroatoms. The first-order chi connectivity index (χ1) is 11.1. The summed E-state index contributed by atoms with van der Waals surface area (Å²) in [5.41, 5.74) is 0.152. The number of carbonyl (C=O) groups excluding carboxylic acids is 1. The standard InChI is InChI=1S/C18H19BrN2O2/c19-12-3-4-15-13(9-12)14(5-8-23-15)21-16(22)18(11-20)10-17(18)6-1-2-7-17/h3-4,9,14H,1-2,5-8,10H2,(H,21,22). The monoisotopic (exact) mass is 374 g/mol. The zero-order valence-electron chi connectivity index (χ0n) is 12.9. The summed E-state index contributed by atoms with van der Waals surface area (Å²) < 4.78 is 6.64. The van der Waals surface area contributed by atoms with E-state index in [2.05, 4.69) is 27.3 Å². The van der Waals surface area contributed by atoms with Crippen LogP contribution in [0.3, 0.4) is 0 Å². The molecule has 2 fully saturated rings. The Hall–Kier alpha value is -1.54. The Bertz CT molecular complexity index is 705. The van der Waals surface area contributed by atoms with E-state index in [0.29, 0.717) is 6.61 Å². The average molecular weight is 375 g/mol. The highest BCUT2D eigenvalue weighted by molar-refractivity contribution is 9.10. The van der Waals surface area contributed by atoms with Crippen molar-refractivity contribution in [3.05, 3.63) is 28.2 Å². The van der Waals surface area contributed by atoms with Gasteiger partial charge in [0.25, 0.3) is 0 Å². The maximum atomic E-state index is 12.9. The van der Waals surface area contributed by atoms with Gasteiger partial charge < -0.3 is 10.1 Å². The number of benzene rings is 1. The maximum Gasteiger partial charge on any atom is 0.241 e. The van der Waals surface area contributed by atoms with Crippen LogP contribution >= 0.6 is 15.9 Å². The summed E-state index contributed by atoms with van der Waals surface area (Å²) in [6.45, 7) is 0.588. The van der Waals surface area contributed by atoms with Crippen LogP contribution < -0.4 is 10.1 Å². The van der Waals surface area contributed by atoms with Gasteiger partial charge >= 0.3 is 0 Å². The van der Waals surface area contributed by atoms with Crippen molar-refractivity contribution in [3.63, 3.8) is 0 Å². The van der Waals surface area contributed by atoms with Gasteiger partial charge in [0.05, 0.1) is 18.7 Å². The number of nitrogens with zero attached hydrogens (tertiary/aromatic N) is 1. The third-order valence-electron chi connectivity index (χ3n) is 5.84. The van der Waals surface area contributed by atoms with Gasteiger partial charge in [-0.25, -0.2) is 0 Å². The molecule has 0 radical (unpaired) electrons. The van der Waals surface area contributed by atoms with Crippen LogP contribution in [-0.2, 0) is 4.79 Å². The molecule has 3 aliphatic rings. The molecule has 4 nitrogen and oxygen atoms in total. The summed E-state index contributed by atoms with van der Waals surface area (Å²) in [5.74, 6) is 0.738. The van der Waals surface area contributed by atoms with Crippen molar-refractivity contribution in [1.82, 2.24) is 5.32 Å². The zero-order chi connectivity index (χ0) is 16.1. The van der Waals surface area contributed by atoms with E-state index in [0.717, 1.165) is 54.3 Å². The van der Waals surface area contributed by atoms with Gasteiger partial charge in [-0.15, -0.1) is 0 Å². The Kier molecular flexibility index (Phi) is 3.42. The summed E-state index contributed by atoms with van der Waals surface area (Å²) in [4.78, 5) is 12.9. The maximum absolute atomic E-state index is 12.9. The number of nitrogens with one attached hydrogen (secondary N) is 1. The van der Waals surface area contributed by atoms with Gasteiger partial charge in [0.1, 0.15) is 11.2 Å². The van der Waals surface area contributed by atoms with E-state index in [1.54, 1.807) is 0 Å². The van der Waals surface area contributed by atoms with Gasteiger partial charge in [0.2, 0.25) is 5.91 Å². The van der Waals surface area contributed by atoms with Crippen LogP contribution in [0.1, 0.15) is 50.1 Å². The van der Waals surface area contributed by atoms with Crippen LogP contribution in [-0.4, -0.2) is 12.5 Å². The number of rotatable bonds is 2. The largest absolute Gasteiger partial charge is 0.493 e. The molecule has 0 aromatic heterocycles. The SMILES string of the molecule is N#CC1(C(=O)NC2CCOc3ccc(Br)cc32)CC12CCCC2. The summed E-state index contributed by atoms with van der Waals surface area (Å²) >= 11 is 3.48. The molecule has 23 heavy (non-hydrogen) atoms. The molecular formula is C18H19BrN2O2. The van der Waals surface area contributed by atoms with Crippen LogP contribution in [0, 0.1) is 22.2 Å². The summed E-state index contributed by atoms with van der Waals surface area (Å²) in [7, 11) is 0. The summed E-state index contributed by atoms with van der Waals surface area (Å²) in [6, 6.07) is 8.14. The fourth-order valence-corrected chi connectivity index (χ4v) is 4.82. The molecule has 1 aliphatic heterocycles. The van der Waals surface area contributed by atoms with E-state index < -0.39 is 5.41 Å². The van der Waals surface area contributed by atoms with Gasteiger partial charge in [-0.1, -0.05) is 28.8 Å². The fraction of sp³-hybridized carbons (Fsp3) is 0.556. The van der Waals surface area contributed by atoms with Crippen LogP contribution in [0.25, 0.3) is 0 Å². The molecule has 0 bridgehead atoms. The number of ether oxygens (including phenoxy) is 1. The Morgan fingerprint density at radius 2 is 2.17 bits per heavy atom. The lowest BCUT2D eigenvalue weighted by atomic mass is 9.90. The molecule has 4 rings (SSSR count). The minimum atomic E-state index is -0.798. The van der Waals surface area contributed by atoms with Crippen molar-refractivity contribution in [1.29, 1.82) is 5.26 Å². The van der Waals surface area contributed by atoms with Crippen molar-refractivity contribution < 1.29 is 9.53 Å². The quantitative estimate of drug-likeness (QED) is 0.854. The van der Waals surface area contributed by atoms with E-state index in [1.807, 2.05) is 18.2 Å². The van der Waals surface area contributed by atoms with E-state index >= 15 is 0 Å². The van der Waals surface area contributed by atoms with Gasteiger partial charge in [0, 0.05) is 21.9 Å². The molecular weight excluding hydrogens is 356 g/mol. The van der Waals surface area contributed by atoms with Crippen LogP contribution in [0.5, 0.6) is 5.75 Å². The highest BCUT2D eigenvalue weighted by Crippen LogP contribution is 2.71. The number of halogens is 1. The minimum absolute atomic E-state index is 0.0445. The van der Waals surface area contributed by atoms with Crippen molar-refractivity contribution >= 4 is 21.8 Å². The van der Waals surface area contributed by atoms with E-state index in [9.17, 15) is 10.1 Å². The van der Waals surface area contributed by atoms with Gasteiger partial charge in [-0.05, 0) is 37.5 Å². The fourth-order valence-electron chi connectivity index (χ4n) is 4.45. The third kappa shape index (κ3) is 2.19. The molecule has 1 aromatic carbocycles. The predicted octanol–water partition coefficient (Wildman–Crippen LogP) is 3.86. The first-order valence-electron chi connectivity index (χ1n) is 8.25. The van der Waals surface area contributed by atoms with Crippen molar-refractivity contribution in [2.24, 2.45) is 10.8 Å². The van der Waals surface area contributed by atoms with E-state index in [4.69, 9.17) is 4.74 Å². The van der Waals surface area contributed by atoms with E-state index in [1.165, 1.54) is 0 Å². The number of hydrogen-bond donors (Lipinski definition) is 1. The topological polar surface area (TPSA) is 62.1 Å². The summed E-state index contributed by atoms with van der Waals surface area (Å²) in [5, 5.41) is 12.8. The van der Waals surface area contributed by atoms with Gasteiger partial charge in [0.15, 0.2) is 0 Å². The lowest BCUT2D eigenvalue weighted by Gasteiger charge is -2.28. The Balaban J connectivity index is 1.57. The molecule has 2 aliphatic carbocycles. The highest BCUT2D eigenvalue weighted by atomic mass is 79.9. The van der Waals surface area contributed by atoms with Gasteiger partial charge in [-0.2, -0.15) is 5.26 Å². The van der Waals surface area contributed by atoms with Crippen LogP contribution in [0.4, 0.5) is 0 Å². The van der Waals surface area contributed by atoms with E-state index in [-0.39, 0.29) is 17.4 Å². The number of fused-ring (bicyclic) bond motifs is 1. The average Bonchev–Trinajstić information content (AvgIpc) is 2.94. The minimum Gasteiger partial charge on any atom is -0.493 e. The molecule has 1 amide bonds. The third-order valence-corrected chi connectivity index (χ3v) is 6.33. The molecule has 2 unspecified atom stereocenters. The smallest absolute Gasteiger partial charge is 0.241 e. The number of nitriles is 1. The normalized spacial score (nSPS) is 30.2. The first-order valence-corrected chi connectivity index (χ1v) is 9.04. The predicted molar refractivity (Wildman–Crippen MR) is 88.7 cm³/mol.